The van der Waals surface area contributed by atoms with E-state index in [9.17, 15) is 4.79 Å². The molecule has 24 heavy (non-hydrogen) atoms. The van der Waals surface area contributed by atoms with Gasteiger partial charge in [0.25, 0.3) is 5.91 Å². The van der Waals surface area contributed by atoms with Gasteiger partial charge in [-0.25, -0.2) is 4.98 Å². The second-order valence-electron chi connectivity index (χ2n) is 7.23. The summed E-state index contributed by atoms with van der Waals surface area (Å²) in [7, 11) is -1.94. The summed E-state index contributed by atoms with van der Waals surface area (Å²) in [5, 5.41) is 0.688. The molecule has 0 saturated heterocycles. The van der Waals surface area contributed by atoms with Gasteiger partial charge in [0.05, 0.1) is 6.93 Å². The summed E-state index contributed by atoms with van der Waals surface area (Å²) >= 11 is 0. The van der Waals surface area contributed by atoms with Crippen LogP contribution in [0.3, 0.4) is 0 Å². The fourth-order valence-corrected chi connectivity index (χ4v) is 9.08. The highest BCUT2D eigenvalue weighted by atomic mass is 28.3. The highest BCUT2D eigenvalue weighted by molar-refractivity contribution is 6.90. The lowest BCUT2D eigenvalue weighted by atomic mass is 10.1. The third-order valence-electron chi connectivity index (χ3n) is 5.06. The van der Waals surface area contributed by atoms with Crippen molar-refractivity contribution in [1.29, 1.82) is 0 Å². The number of nitrogens with one attached hydrogen (secondary N) is 1. The summed E-state index contributed by atoms with van der Waals surface area (Å²) in [5.41, 5.74) is 12.1. The van der Waals surface area contributed by atoms with Crippen molar-refractivity contribution >= 4 is 25.0 Å². The van der Waals surface area contributed by atoms with E-state index in [-0.39, 0.29) is 6.17 Å². The molecular formula is C19H27N3OSi. The van der Waals surface area contributed by atoms with E-state index in [4.69, 9.17) is 7.10 Å². The highest BCUT2D eigenvalue weighted by Gasteiger charge is 2.41. The van der Waals surface area contributed by atoms with Crippen molar-refractivity contribution in [3.63, 3.8) is 0 Å². The van der Waals surface area contributed by atoms with Gasteiger partial charge in [-0.1, -0.05) is 47.5 Å². The summed E-state index contributed by atoms with van der Waals surface area (Å²) in [6.07, 6.45) is 1.70. The van der Waals surface area contributed by atoms with E-state index < -0.39 is 14.0 Å². The first kappa shape index (κ1) is 16.8. The number of fused-ring (bicyclic) bond motifs is 1. The summed E-state index contributed by atoms with van der Waals surface area (Å²) in [6, 6.07) is 1.65. The number of amides is 1. The summed E-state index contributed by atoms with van der Waals surface area (Å²) in [6.45, 7) is 13.5. The van der Waals surface area contributed by atoms with E-state index in [1.165, 1.54) is 6.20 Å². The predicted molar refractivity (Wildman–Crippen MR) is 103 cm³/mol. The summed E-state index contributed by atoms with van der Waals surface area (Å²) < 4.78 is 7.81. The van der Waals surface area contributed by atoms with E-state index in [0.717, 1.165) is 0 Å². The lowest BCUT2D eigenvalue weighted by Crippen LogP contribution is -2.43. The average Bonchev–Trinajstić information content (AvgIpc) is 2.86. The van der Waals surface area contributed by atoms with Crippen LogP contribution in [0, 0.1) is 11.5 Å². The van der Waals surface area contributed by atoms with E-state index in [1.54, 1.807) is 6.07 Å². The van der Waals surface area contributed by atoms with Gasteiger partial charge in [-0.3, -0.25) is 4.79 Å². The minimum atomic E-state index is -1.94. The van der Waals surface area contributed by atoms with Gasteiger partial charge in [-0.2, -0.15) is 0 Å². The number of carbonyl (C=O) groups is 1. The number of hydrogen-bond donors (Lipinski definition) is 2. The van der Waals surface area contributed by atoms with Crippen molar-refractivity contribution in [2.45, 2.75) is 58.2 Å². The van der Waals surface area contributed by atoms with E-state index in [0.29, 0.717) is 38.8 Å². The molecule has 3 N–H and O–H groups in total. The van der Waals surface area contributed by atoms with Crippen molar-refractivity contribution < 1.29 is 6.17 Å². The molecule has 0 aliphatic carbocycles. The van der Waals surface area contributed by atoms with Crippen LogP contribution in [0.1, 0.15) is 58.8 Å². The average molecular weight is 343 g/mol. The molecule has 0 aromatic carbocycles. The quantitative estimate of drug-likeness (QED) is 0.644. The van der Waals surface area contributed by atoms with Gasteiger partial charge in [0.15, 0.2) is 0 Å². The van der Waals surface area contributed by atoms with Gasteiger partial charge in [0, 0.05) is 23.3 Å². The van der Waals surface area contributed by atoms with Crippen LogP contribution in [0.2, 0.25) is 16.6 Å². The molecule has 128 valence electrons. The molecule has 0 bridgehead atoms. The third-order valence-corrected chi connectivity index (χ3v) is 11.3. The zero-order valence-electron chi connectivity index (χ0n) is 16.3. The Morgan fingerprint density at radius 1 is 1.25 bits per heavy atom. The summed E-state index contributed by atoms with van der Waals surface area (Å²) in [5.74, 6) is 2.76. The Bertz CT molecular complexity index is 837. The zero-order valence-corrected chi connectivity index (χ0v) is 16.3. The molecule has 0 saturated carbocycles. The maximum atomic E-state index is 11.9. The molecule has 0 spiro atoms. The first-order valence-electron chi connectivity index (χ1n) is 8.92. The van der Waals surface area contributed by atoms with Gasteiger partial charge in [-0.05, 0) is 22.7 Å². The Morgan fingerprint density at radius 3 is 2.33 bits per heavy atom. The number of hydrogen-bond acceptors (Lipinski definition) is 2. The molecular weight excluding hydrogens is 314 g/mol. The monoisotopic (exact) mass is 342 g/mol. The Labute approximate surface area is 146 Å². The van der Waals surface area contributed by atoms with Crippen LogP contribution in [0.25, 0.3) is 11.0 Å². The molecule has 0 radical (unpaired) electrons. The minimum Gasteiger partial charge on any atom is -0.366 e. The van der Waals surface area contributed by atoms with Crippen molar-refractivity contribution in [2.24, 2.45) is 5.73 Å². The Kier molecular flexibility index (Phi) is 4.77. The Balaban J connectivity index is 2.77. The van der Waals surface area contributed by atoms with Crippen molar-refractivity contribution in [3.8, 4) is 11.5 Å². The molecule has 2 aromatic heterocycles. The van der Waals surface area contributed by atoms with Crippen molar-refractivity contribution in [1.82, 2.24) is 9.97 Å². The standard InChI is InChI=1S/C19H27N3OSi/c1-12(2)24(13(3)4,14(5)6)10-8-15-16-7-9-21-19(16)22-11-17(15)18(20)23/h7,9,11-14H,1-6H3,(H2,20,23)(H,21,22)/i9D. The van der Waals surface area contributed by atoms with Crippen LogP contribution in [-0.4, -0.2) is 23.9 Å². The molecule has 0 aliphatic rings. The van der Waals surface area contributed by atoms with Crippen LogP contribution in [0.15, 0.2) is 18.4 Å². The highest BCUT2D eigenvalue weighted by Crippen LogP contribution is 2.40. The van der Waals surface area contributed by atoms with Crippen molar-refractivity contribution in [2.75, 3.05) is 0 Å². The van der Waals surface area contributed by atoms with Gasteiger partial charge in [0.1, 0.15) is 13.7 Å². The molecule has 2 rings (SSSR count). The molecule has 2 aromatic rings. The van der Waals surface area contributed by atoms with Gasteiger partial charge >= 0.3 is 0 Å². The van der Waals surface area contributed by atoms with Crippen LogP contribution in [0.4, 0.5) is 0 Å². The van der Waals surface area contributed by atoms with E-state index >= 15 is 0 Å². The number of primary amides is 1. The number of H-pyrrole nitrogens is 1. The topological polar surface area (TPSA) is 71.8 Å². The molecule has 0 atom stereocenters. The lowest BCUT2D eigenvalue weighted by molar-refractivity contribution is 0.1000. The zero-order chi connectivity index (χ0) is 18.9. The normalized spacial score (nSPS) is 12.6. The van der Waals surface area contributed by atoms with E-state index in [1.807, 2.05) is 0 Å². The van der Waals surface area contributed by atoms with Crippen LogP contribution in [-0.2, 0) is 0 Å². The largest absolute Gasteiger partial charge is 0.366 e. The fraction of sp³-hybridized carbons (Fsp3) is 0.474. The van der Waals surface area contributed by atoms with Crippen LogP contribution in [0.5, 0.6) is 0 Å². The molecule has 0 unspecified atom stereocenters. The molecule has 5 heteroatoms. The van der Waals surface area contributed by atoms with Gasteiger partial charge in [-0.15, -0.1) is 5.54 Å². The third kappa shape index (κ3) is 2.99. The van der Waals surface area contributed by atoms with E-state index in [2.05, 4.69) is 63.0 Å². The number of nitrogens with two attached hydrogens (primary N) is 1. The Hall–Kier alpha value is -2.06. The number of nitrogens with zero attached hydrogens (tertiary/aromatic N) is 1. The van der Waals surface area contributed by atoms with Crippen LogP contribution < -0.4 is 5.73 Å². The molecule has 0 aliphatic heterocycles. The smallest absolute Gasteiger partial charge is 0.251 e. The fourth-order valence-electron chi connectivity index (χ4n) is 3.87. The van der Waals surface area contributed by atoms with Gasteiger partial charge < -0.3 is 10.7 Å². The molecule has 1 amide bonds. The minimum absolute atomic E-state index is 0.243. The number of aromatic nitrogens is 2. The predicted octanol–water partition coefficient (Wildman–Crippen LogP) is 4.23. The first-order valence-corrected chi connectivity index (χ1v) is 10.7. The molecule has 4 nitrogen and oxygen atoms in total. The van der Waals surface area contributed by atoms with Gasteiger partial charge in [0.2, 0.25) is 0 Å². The van der Waals surface area contributed by atoms with Crippen molar-refractivity contribution in [3.05, 3.63) is 29.6 Å². The second-order valence-corrected chi connectivity index (χ2v) is 12.8. The maximum absolute atomic E-state index is 11.9. The number of carbonyl (C=O) groups excluding carboxylic acids is 1. The second kappa shape index (κ2) is 6.82. The summed E-state index contributed by atoms with van der Waals surface area (Å²) in [4.78, 5) is 18.9. The number of rotatable bonds is 4. The SMILES string of the molecule is [2H]c1cc2c(C#C[Si](C(C)C)(C(C)C)C(C)C)c(C(N)=O)cnc2[nH]1. The lowest BCUT2D eigenvalue weighted by Gasteiger charge is -2.38. The molecule has 0 fully saturated rings. The van der Waals surface area contributed by atoms with Crippen LogP contribution >= 0.6 is 0 Å². The number of pyridine rings is 1. The first-order chi connectivity index (χ1) is 11.6. The Morgan fingerprint density at radius 2 is 1.83 bits per heavy atom. The number of aromatic amines is 1. The maximum Gasteiger partial charge on any atom is 0.251 e. The molecule has 2 heterocycles.